The molecule has 0 fully saturated rings. The first-order valence-electron chi connectivity index (χ1n) is 6.56. The highest BCUT2D eigenvalue weighted by atomic mass is 32.3. The van der Waals surface area contributed by atoms with Crippen molar-refractivity contribution in [2.75, 3.05) is 0 Å². The summed E-state index contributed by atoms with van der Waals surface area (Å²) in [6.07, 6.45) is 0. The third-order valence-corrected chi connectivity index (χ3v) is 7.54. The molecule has 2 aromatic carbocycles. The molecule has 0 heterocycles. The largest absolute Gasteiger partial charge is 0.504 e. The van der Waals surface area contributed by atoms with E-state index in [1.165, 1.54) is 37.3 Å². The summed E-state index contributed by atoms with van der Waals surface area (Å²) in [6, 6.07) is 11.6. The minimum Gasteiger partial charge on any atom is -0.359 e. The molecule has 0 saturated heterocycles. The molecule has 0 aliphatic carbocycles. The maximum atomic E-state index is 12.7. The van der Waals surface area contributed by atoms with Gasteiger partial charge >= 0.3 is 4.38 Å². The van der Waals surface area contributed by atoms with Crippen LogP contribution in [0, 0.1) is 13.8 Å². The van der Waals surface area contributed by atoms with Crippen LogP contribution in [0.2, 0.25) is 0 Å². The summed E-state index contributed by atoms with van der Waals surface area (Å²) in [6.45, 7) is 3.22. The third-order valence-electron chi connectivity index (χ3n) is 3.23. The van der Waals surface area contributed by atoms with Gasteiger partial charge in [-0.15, -0.1) is 4.79 Å². The topological polar surface area (TPSA) is 105 Å². The lowest BCUT2D eigenvalue weighted by molar-refractivity contribution is 0.00380. The number of hydrogen-bond acceptors (Lipinski definition) is 4. The standard InChI is InChI=1S/C15H14N2O4S2/c1-11-8-9-12(2)14(10-11)23(20,21)15(17-16)22(18,19)13-6-4-3-5-7-13/h3-10H,1-2H3. The first kappa shape index (κ1) is 17.1. The average molecular weight is 350 g/mol. The lowest BCUT2D eigenvalue weighted by Crippen LogP contribution is -2.26. The van der Waals surface area contributed by atoms with E-state index in [2.05, 4.69) is 4.79 Å². The number of aryl methyl sites for hydroxylation is 2. The third kappa shape index (κ3) is 3.10. The summed E-state index contributed by atoms with van der Waals surface area (Å²) >= 11 is 0. The minimum absolute atomic E-state index is 0.204. The highest BCUT2D eigenvalue weighted by Crippen LogP contribution is 2.23. The van der Waals surface area contributed by atoms with Crippen LogP contribution in [0.3, 0.4) is 0 Å². The number of nitrogens with zero attached hydrogens (tertiary/aromatic N) is 2. The number of rotatable bonds is 2. The van der Waals surface area contributed by atoms with Crippen molar-refractivity contribution in [1.82, 2.24) is 0 Å². The second-order valence-electron chi connectivity index (χ2n) is 4.95. The predicted octanol–water partition coefficient (Wildman–Crippen LogP) is 2.14. The zero-order chi connectivity index (χ0) is 17.3. The molecule has 23 heavy (non-hydrogen) atoms. The van der Waals surface area contributed by atoms with Gasteiger partial charge in [0.1, 0.15) is 0 Å². The van der Waals surface area contributed by atoms with E-state index in [1.54, 1.807) is 25.1 Å². The van der Waals surface area contributed by atoms with Crippen molar-refractivity contribution in [2.45, 2.75) is 23.6 Å². The van der Waals surface area contributed by atoms with Gasteiger partial charge in [0.05, 0.1) is 9.79 Å². The van der Waals surface area contributed by atoms with E-state index >= 15 is 0 Å². The van der Waals surface area contributed by atoms with Crippen LogP contribution in [0.15, 0.2) is 58.3 Å². The van der Waals surface area contributed by atoms with Crippen molar-refractivity contribution in [2.24, 2.45) is 0 Å². The van der Waals surface area contributed by atoms with Crippen LogP contribution < -0.4 is 0 Å². The molecule has 2 rings (SSSR count). The Hall–Kier alpha value is -2.28. The monoisotopic (exact) mass is 350 g/mol. The van der Waals surface area contributed by atoms with Crippen LogP contribution >= 0.6 is 0 Å². The fraction of sp³-hybridized carbons (Fsp3) is 0.133. The molecule has 0 aliphatic rings. The normalized spacial score (nSPS) is 11.7. The van der Waals surface area contributed by atoms with Crippen molar-refractivity contribution < 1.29 is 21.6 Å². The molecule has 6 nitrogen and oxygen atoms in total. The second-order valence-corrected chi connectivity index (χ2v) is 8.91. The Morgan fingerprint density at radius 2 is 1.52 bits per heavy atom. The fourth-order valence-corrected chi connectivity index (χ4v) is 5.71. The van der Waals surface area contributed by atoms with E-state index < -0.39 is 24.1 Å². The van der Waals surface area contributed by atoms with Crippen LogP contribution in [0.25, 0.3) is 5.53 Å². The van der Waals surface area contributed by atoms with Crippen LogP contribution in [-0.2, 0) is 19.7 Å². The molecule has 0 unspecified atom stereocenters. The van der Waals surface area contributed by atoms with Gasteiger partial charge < -0.3 is 5.53 Å². The Morgan fingerprint density at radius 3 is 2.09 bits per heavy atom. The van der Waals surface area contributed by atoms with Crippen molar-refractivity contribution in [3.05, 3.63) is 65.2 Å². The molecule has 0 amide bonds. The van der Waals surface area contributed by atoms with Gasteiger partial charge in [0.25, 0.3) is 19.7 Å². The zero-order valence-corrected chi connectivity index (χ0v) is 14.1. The summed E-state index contributed by atoms with van der Waals surface area (Å²) in [5, 5.41) is 0. The van der Waals surface area contributed by atoms with E-state index in [-0.39, 0.29) is 9.79 Å². The summed E-state index contributed by atoms with van der Waals surface area (Å²) < 4.78 is 49.1. The molecule has 0 atom stereocenters. The lowest BCUT2D eigenvalue weighted by atomic mass is 10.2. The Balaban J connectivity index is 2.72. The Labute approximate surface area is 134 Å². The maximum Gasteiger partial charge on any atom is 0.504 e. The molecule has 8 heteroatoms. The molecule has 2 aromatic rings. The number of sulfone groups is 2. The van der Waals surface area contributed by atoms with Crippen molar-refractivity contribution in [3.8, 4) is 0 Å². The van der Waals surface area contributed by atoms with Gasteiger partial charge in [0.2, 0.25) is 0 Å². The molecule has 0 spiro atoms. The molecule has 0 N–H and O–H groups in total. The summed E-state index contributed by atoms with van der Waals surface area (Å²) in [7, 11) is -8.97. The van der Waals surface area contributed by atoms with Crippen LogP contribution in [0.5, 0.6) is 0 Å². The van der Waals surface area contributed by atoms with E-state index in [0.717, 1.165) is 0 Å². The smallest absolute Gasteiger partial charge is 0.359 e. The summed E-state index contributed by atoms with van der Waals surface area (Å²) in [5.41, 5.74) is 10.1. The Bertz CT molecular complexity index is 1000. The Kier molecular flexibility index (Phi) is 4.51. The molecule has 0 radical (unpaired) electrons. The molecular formula is C15H14N2O4S2. The van der Waals surface area contributed by atoms with Gasteiger partial charge in [0, 0.05) is 0 Å². The van der Waals surface area contributed by atoms with Crippen LogP contribution in [0.1, 0.15) is 11.1 Å². The van der Waals surface area contributed by atoms with Gasteiger partial charge in [0.15, 0.2) is 0 Å². The number of benzene rings is 2. The average Bonchev–Trinajstić information content (AvgIpc) is 2.50. The fourth-order valence-electron chi connectivity index (χ4n) is 2.04. The van der Waals surface area contributed by atoms with Gasteiger partial charge in [-0.2, -0.15) is 0 Å². The van der Waals surface area contributed by atoms with Crippen LogP contribution in [0.4, 0.5) is 0 Å². The lowest BCUT2D eigenvalue weighted by Gasteiger charge is -2.06. The molecule has 0 bridgehead atoms. The second kappa shape index (κ2) is 6.08. The minimum atomic E-state index is -4.50. The molecule has 120 valence electrons. The highest BCUT2D eigenvalue weighted by Gasteiger charge is 2.44. The SMILES string of the molecule is Cc1ccc(C)c(S(=O)(=O)C(=[N+]=[N-])S(=O)(=O)c2ccccc2)c1. The van der Waals surface area contributed by atoms with Gasteiger partial charge in [-0.25, -0.2) is 16.8 Å². The first-order chi connectivity index (χ1) is 10.7. The Morgan fingerprint density at radius 1 is 0.913 bits per heavy atom. The van der Waals surface area contributed by atoms with E-state index in [1.807, 2.05) is 0 Å². The van der Waals surface area contributed by atoms with E-state index in [4.69, 9.17) is 5.53 Å². The van der Waals surface area contributed by atoms with Crippen LogP contribution in [-0.4, -0.2) is 26.0 Å². The van der Waals surface area contributed by atoms with Crippen molar-refractivity contribution in [1.29, 1.82) is 0 Å². The number of hydrogen-bond donors (Lipinski definition) is 0. The summed E-state index contributed by atoms with van der Waals surface area (Å²) in [5.74, 6) is 0. The van der Waals surface area contributed by atoms with Crippen molar-refractivity contribution in [3.63, 3.8) is 0 Å². The molecule has 0 aromatic heterocycles. The quantitative estimate of drug-likeness (QED) is 0.358. The van der Waals surface area contributed by atoms with E-state index in [9.17, 15) is 16.8 Å². The van der Waals surface area contributed by atoms with E-state index in [0.29, 0.717) is 11.1 Å². The van der Waals surface area contributed by atoms with Gasteiger partial charge in [-0.1, -0.05) is 30.3 Å². The maximum absolute atomic E-state index is 12.7. The molecule has 0 aliphatic heterocycles. The highest BCUT2D eigenvalue weighted by molar-refractivity contribution is 8.31. The molecule has 0 saturated carbocycles. The van der Waals surface area contributed by atoms with Gasteiger partial charge in [-0.3, -0.25) is 0 Å². The molecular weight excluding hydrogens is 336 g/mol. The summed E-state index contributed by atoms with van der Waals surface area (Å²) in [4.78, 5) is 2.13. The van der Waals surface area contributed by atoms with Crippen molar-refractivity contribution >= 4 is 24.1 Å². The predicted molar refractivity (Wildman–Crippen MR) is 85.4 cm³/mol. The first-order valence-corrected chi connectivity index (χ1v) is 9.52. The van der Waals surface area contributed by atoms with Gasteiger partial charge in [-0.05, 0) is 43.2 Å². The zero-order valence-electron chi connectivity index (χ0n) is 12.5.